The average molecular weight is 228 g/mol. The molecule has 96 valence electrons. The predicted molar refractivity (Wildman–Crippen MR) is 69.9 cm³/mol. The molecule has 2 aliphatic heterocycles. The molecule has 2 rings (SSSR count). The molecule has 4 N–H and O–H groups in total. The Morgan fingerprint density at radius 3 is 1.44 bits per heavy atom. The van der Waals surface area contributed by atoms with Crippen molar-refractivity contribution < 1.29 is 0 Å². The van der Waals surface area contributed by atoms with E-state index in [4.69, 9.17) is 0 Å². The molecule has 2 saturated heterocycles. The third-order valence-electron chi connectivity index (χ3n) is 3.41. The molecule has 2 unspecified atom stereocenters. The largest absolute Gasteiger partial charge is 0.316 e. The van der Waals surface area contributed by atoms with E-state index in [1.807, 2.05) is 14.1 Å². The Morgan fingerprint density at radius 1 is 0.812 bits per heavy atom. The molecule has 0 amide bonds. The highest BCUT2D eigenvalue weighted by Gasteiger charge is 2.09. The molecule has 0 spiro atoms. The summed E-state index contributed by atoms with van der Waals surface area (Å²) in [6.07, 6.45) is 5.32. The number of likely N-dealkylation sites (N-methyl/N-ethyl adjacent to an activating group) is 2. The van der Waals surface area contributed by atoms with Crippen LogP contribution >= 0.6 is 0 Å². The highest BCUT2D eigenvalue weighted by atomic mass is 15.0. The number of rotatable bonds is 2. The highest BCUT2D eigenvalue weighted by molar-refractivity contribution is 4.73. The Labute approximate surface area is 99.9 Å². The lowest BCUT2D eigenvalue weighted by molar-refractivity contribution is 0.412. The summed E-state index contributed by atoms with van der Waals surface area (Å²) in [5.41, 5.74) is 0. The maximum absolute atomic E-state index is 3.32. The number of hydrogen-bond acceptors (Lipinski definition) is 4. The van der Waals surface area contributed by atoms with E-state index in [2.05, 4.69) is 21.3 Å². The summed E-state index contributed by atoms with van der Waals surface area (Å²) >= 11 is 0. The molecule has 4 nitrogen and oxygen atoms in total. The fourth-order valence-corrected chi connectivity index (χ4v) is 2.20. The summed E-state index contributed by atoms with van der Waals surface area (Å²) in [6.45, 7) is 4.71. The third kappa shape index (κ3) is 5.80. The lowest BCUT2D eigenvalue weighted by atomic mass is 10.1. The van der Waals surface area contributed by atoms with Crippen molar-refractivity contribution in [3.05, 3.63) is 0 Å². The van der Waals surface area contributed by atoms with Gasteiger partial charge in [0.2, 0.25) is 0 Å². The molecule has 2 heterocycles. The summed E-state index contributed by atoms with van der Waals surface area (Å²) in [6, 6.07) is 1.45. The lowest BCUT2D eigenvalue weighted by Gasteiger charge is -2.21. The minimum atomic E-state index is 0.726. The van der Waals surface area contributed by atoms with Gasteiger partial charge in [0.25, 0.3) is 0 Å². The minimum Gasteiger partial charge on any atom is -0.316 e. The van der Waals surface area contributed by atoms with Crippen LogP contribution in [-0.2, 0) is 0 Å². The van der Waals surface area contributed by atoms with Gasteiger partial charge in [0, 0.05) is 25.2 Å². The van der Waals surface area contributed by atoms with Crippen LogP contribution in [-0.4, -0.2) is 52.4 Å². The van der Waals surface area contributed by atoms with Gasteiger partial charge in [-0.1, -0.05) is 0 Å². The van der Waals surface area contributed by atoms with Gasteiger partial charge in [-0.2, -0.15) is 0 Å². The SMILES string of the molecule is CNC1CCCNC1.CNC1CCCNC1. The fourth-order valence-electron chi connectivity index (χ4n) is 2.20. The van der Waals surface area contributed by atoms with Gasteiger partial charge in [-0.25, -0.2) is 0 Å². The standard InChI is InChI=1S/2C6H14N2/c2*1-7-6-3-2-4-8-5-6/h2*6-8H,2-5H2,1H3. The van der Waals surface area contributed by atoms with Gasteiger partial charge in [0.1, 0.15) is 0 Å². The van der Waals surface area contributed by atoms with Crippen molar-refractivity contribution in [3.63, 3.8) is 0 Å². The van der Waals surface area contributed by atoms with E-state index in [0.29, 0.717) is 0 Å². The first-order valence-electron chi connectivity index (χ1n) is 6.62. The summed E-state index contributed by atoms with van der Waals surface area (Å²) in [5.74, 6) is 0. The second-order valence-corrected chi connectivity index (χ2v) is 4.66. The first-order chi connectivity index (χ1) is 7.86. The van der Waals surface area contributed by atoms with E-state index in [1.54, 1.807) is 0 Å². The molecule has 0 radical (unpaired) electrons. The molecule has 0 bridgehead atoms. The molecule has 4 heteroatoms. The smallest absolute Gasteiger partial charge is 0.0189 e. The molecule has 16 heavy (non-hydrogen) atoms. The molecular weight excluding hydrogens is 200 g/mol. The second-order valence-electron chi connectivity index (χ2n) is 4.66. The van der Waals surface area contributed by atoms with E-state index >= 15 is 0 Å². The molecule has 0 aromatic rings. The molecule has 0 aromatic heterocycles. The Kier molecular flexibility index (Phi) is 7.76. The highest BCUT2D eigenvalue weighted by Crippen LogP contribution is 1.99. The molecular formula is C12H28N4. The van der Waals surface area contributed by atoms with Gasteiger partial charge in [-0.3, -0.25) is 0 Å². The van der Waals surface area contributed by atoms with Crippen LogP contribution in [0.5, 0.6) is 0 Å². The zero-order chi connectivity index (χ0) is 11.6. The van der Waals surface area contributed by atoms with E-state index in [9.17, 15) is 0 Å². The first-order valence-corrected chi connectivity index (χ1v) is 6.62. The van der Waals surface area contributed by atoms with E-state index < -0.39 is 0 Å². The fraction of sp³-hybridized carbons (Fsp3) is 1.00. The van der Waals surface area contributed by atoms with Crippen molar-refractivity contribution in [1.29, 1.82) is 0 Å². The zero-order valence-corrected chi connectivity index (χ0v) is 10.8. The summed E-state index contributed by atoms with van der Waals surface area (Å²) in [7, 11) is 4.05. The van der Waals surface area contributed by atoms with Crippen LogP contribution < -0.4 is 21.3 Å². The van der Waals surface area contributed by atoms with Crippen LogP contribution in [0.3, 0.4) is 0 Å². The topological polar surface area (TPSA) is 48.1 Å². The molecule has 2 fully saturated rings. The van der Waals surface area contributed by atoms with Gasteiger partial charge < -0.3 is 21.3 Å². The lowest BCUT2D eigenvalue weighted by Crippen LogP contribution is -2.41. The molecule has 0 aliphatic carbocycles. The molecule has 2 atom stereocenters. The number of nitrogens with one attached hydrogen (secondary N) is 4. The third-order valence-corrected chi connectivity index (χ3v) is 3.41. The average Bonchev–Trinajstić information content (AvgIpc) is 2.41. The van der Waals surface area contributed by atoms with Gasteiger partial charge in [-0.05, 0) is 52.9 Å². The monoisotopic (exact) mass is 228 g/mol. The van der Waals surface area contributed by atoms with Gasteiger partial charge in [0.05, 0.1) is 0 Å². The summed E-state index contributed by atoms with van der Waals surface area (Å²) in [4.78, 5) is 0. The Hall–Kier alpha value is -0.160. The quantitative estimate of drug-likeness (QED) is 0.534. The summed E-state index contributed by atoms with van der Waals surface area (Å²) < 4.78 is 0. The van der Waals surface area contributed by atoms with Crippen LogP contribution in [0.25, 0.3) is 0 Å². The van der Waals surface area contributed by atoms with Crippen molar-refractivity contribution in [2.24, 2.45) is 0 Å². The van der Waals surface area contributed by atoms with Crippen LogP contribution in [0.2, 0.25) is 0 Å². The number of piperidine rings is 2. The second kappa shape index (κ2) is 8.93. The molecule has 2 aliphatic rings. The van der Waals surface area contributed by atoms with Crippen molar-refractivity contribution in [3.8, 4) is 0 Å². The zero-order valence-electron chi connectivity index (χ0n) is 10.8. The maximum atomic E-state index is 3.32. The predicted octanol–water partition coefficient (Wildman–Crippen LogP) is -0.0844. The van der Waals surface area contributed by atoms with E-state index in [1.165, 1.54) is 38.8 Å². The van der Waals surface area contributed by atoms with Gasteiger partial charge >= 0.3 is 0 Å². The van der Waals surface area contributed by atoms with Gasteiger partial charge in [-0.15, -0.1) is 0 Å². The van der Waals surface area contributed by atoms with Crippen molar-refractivity contribution in [1.82, 2.24) is 21.3 Å². The van der Waals surface area contributed by atoms with Crippen LogP contribution in [0.1, 0.15) is 25.7 Å². The van der Waals surface area contributed by atoms with Crippen LogP contribution in [0.4, 0.5) is 0 Å². The first kappa shape index (κ1) is 13.9. The van der Waals surface area contributed by atoms with E-state index in [-0.39, 0.29) is 0 Å². The van der Waals surface area contributed by atoms with Crippen molar-refractivity contribution in [2.45, 2.75) is 37.8 Å². The number of hydrogen-bond donors (Lipinski definition) is 4. The minimum absolute atomic E-state index is 0.726. The van der Waals surface area contributed by atoms with Crippen molar-refractivity contribution in [2.75, 3.05) is 40.3 Å². The maximum Gasteiger partial charge on any atom is 0.0189 e. The summed E-state index contributed by atoms with van der Waals surface area (Å²) in [5, 5.41) is 13.1. The van der Waals surface area contributed by atoms with Crippen LogP contribution in [0, 0.1) is 0 Å². The van der Waals surface area contributed by atoms with Crippen molar-refractivity contribution >= 4 is 0 Å². The molecule has 0 aromatic carbocycles. The Morgan fingerprint density at radius 2 is 1.25 bits per heavy atom. The Bertz CT molecular complexity index is 133. The normalized spacial score (nSPS) is 30.4. The van der Waals surface area contributed by atoms with Gasteiger partial charge in [0.15, 0.2) is 0 Å². The molecule has 0 saturated carbocycles. The van der Waals surface area contributed by atoms with Crippen LogP contribution in [0.15, 0.2) is 0 Å². The van der Waals surface area contributed by atoms with E-state index in [0.717, 1.165) is 25.2 Å². The Balaban J connectivity index is 0.000000160.